The quantitative estimate of drug-likeness (QED) is 0.125. The number of nitrogens with one attached hydrogen (secondary N) is 4. The molecule has 0 aliphatic carbocycles. The molecule has 0 aromatic carbocycles. The van der Waals surface area contributed by atoms with Crippen molar-refractivity contribution in [3.63, 3.8) is 0 Å². The van der Waals surface area contributed by atoms with Gasteiger partial charge in [0.2, 0.25) is 11.9 Å². The Morgan fingerprint density at radius 3 is 2.33 bits per heavy atom. The molecule has 0 bridgehead atoms. The van der Waals surface area contributed by atoms with Crippen molar-refractivity contribution in [1.29, 1.82) is 5.41 Å². The van der Waals surface area contributed by atoms with Crippen molar-refractivity contribution in [3.8, 4) is 0 Å². The lowest BCUT2D eigenvalue weighted by molar-refractivity contribution is -0.118. The fourth-order valence-electron chi connectivity index (χ4n) is 0.477. The van der Waals surface area contributed by atoms with Crippen LogP contribution in [0, 0.1) is 5.41 Å². The molecule has 0 heterocycles. The largest absolute Gasteiger partial charge is 0.355 e. The van der Waals surface area contributed by atoms with Crippen molar-refractivity contribution >= 4 is 24.3 Å². The van der Waals surface area contributed by atoms with E-state index in [0.717, 1.165) is 0 Å². The van der Waals surface area contributed by atoms with E-state index in [1.807, 2.05) is 0 Å². The van der Waals surface area contributed by atoms with Crippen molar-refractivity contribution in [2.24, 2.45) is 5.84 Å². The zero-order valence-corrected chi connectivity index (χ0v) is 7.62. The molecule has 0 aromatic rings. The molecule has 0 aliphatic heterocycles. The lowest BCUT2D eigenvalue weighted by Gasteiger charge is -2.05. The molecule has 7 heteroatoms. The smallest absolute Gasteiger partial charge is 0.216 e. The summed E-state index contributed by atoms with van der Waals surface area (Å²) in [5, 5.41) is 12.1. The van der Waals surface area contributed by atoms with Gasteiger partial charge in [-0.3, -0.25) is 15.6 Å². The second kappa shape index (κ2) is 8.09. The molecule has 6 N–H and O–H groups in total. The van der Waals surface area contributed by atoms with Gasteiger partial charge in [-0.25, -0.2) is 5.84 Å². The number of amides is 1. The average Bonchev–Trinajstić information content (AvgIpc) is 1.97. The maximum atomic E-state index is 10.3. The summed E-state index contributed by atoms with van der Waals surface area (Å²) in [7, 11) is 0. The second-order valence-corrected chi connectivity index (χ2v) is 1.93. The summed E-state index contributed by atoms with van der Waals surface area (Å²) in [6.07, 6.45) is 0. The van der Waals surface area contributed by atoms with Crippen molar-refractivity contribution < 1.29 is 4.79 Å². The number of halogens is 1. The van der Waals surface area contributed by atoms with Crippen LogP contribution >= 0.6 is 12.4 Å². The number of rotatable bonds is 3. The Bertz CT molecular complexity index is 151. The summed E-state index contributed by atoms with van der Waals surface area (Å²) in [5.41, 5.74) is 2.11. The molecule has 0 radical (unpaired) electrons. The van der Waals surface area contributed by atoms with Gasteiger partial charge >= 0.3 is 0 Å². The lowest BCUT2D eigenvalue weighted by Crippen LogP contribution is -2.43. The number of hydrogen-bond donors (Lipinski definition) is 5. The Balaban J connectivity index is 0. The maximum absolute atomic E-state index is 10.3. The molecule has 6 nitrogen and oxygen atoms in total. The van der Waals surface area contributed by atoms with Crippen LogP contribution in [0.15, 0.2) is 0 Å². The monoisotopic (exact) mass is 195 g/mol. The van der Waals surface area contributed by atoms with Gasteiger partial charge in [-0.15, -0.1) is 12.4 Å². The topological polar surface area (TPSA) is 103 Å². The van der Waals surface area contributed by atoms with Crippen molar-refractivity contribution in [2.75, 3.05) is 13.1 Å². The molecule has 0 saturated heterocycles. The number of hydrogen-bond acceptors (Lipinski definition) is 3. The highest BCUT2D eigenvalue weighted by molar-refractivity contribution is 5.85. The highest BCUT2D eigenvalue weighted by atomic mass is 35.5. The van der Waals surface area contributed by atoms with Crippen LogP contribution in [-0.2, 0) is 4.79 Å². The predicted octanol–water partition coefficient (Wildman–Crippen LogP) is -1.47. The molecule has 12 heavy (non-hydrogen) atoms. The Morgan fingerprint density at radius 2 is 1.92 bits per heavy atom. The summed E-state index contributed by atoms with van der Waals surface area (Å²) >= 11 is 0. The first-order chi connectivity index (χ1) is 5.16. The highest BCUT2D eigenvalue weighted by Crippen LogP contribution is 1.60. The van der Waals surface area contributed by atoms with E-state index in [-0.39, 0.29) is 24.3 Å². The summed E-state index contributed by atoms with van der Waals surface area (Å²) in [6, 6.07) is 0. The van der Waals surface area contributed by atoms with Gasteiger partial charge in [0.15, 0.2) is 0 Å². The Labute approximate surface area is 77.2 Å². The van der Waals surface area contributed by atoms with E-state index in [2.05, 4.69) is 16.1 Å². The predicted molar refractivity (Wildman–Crippen MR) is 49.0 cm³/mol. The number of guanidine groups is 1. The van der Waals surface area contributed by atoms with Crippen molar-refractivity contribution in [3.05, 3.63) is 0 Å². The van der Waals surface area contributed by atoms with Gasteiger partial charge in [0.1, 0.15) is 0 Å². The molecule has 0 fully saturated rings. The summed E-state index contributed by atoms with van der Waals surface area (Å²) < 4.78 is 0. The first-order valence-corrected chi connectivity index (χ1v) is 3.20. The minimum absolute atomic E-state index is 0. The van der Waals surface area contributed by atoms with E-state index in [4.69, 9.17) is 11.3 Å². The van der Waals surface area contributed by atoms with Crippen LogP contribution in [0.25, 0.3) is 0 Å². The van der Waals surface area contributed by atoms with E-state index < -0.39 is 0 Å². The maximum Gasteiger partial charge on any atom is 0.216 e. The van der Waals surface area contributed by atoms with Gasteiger partial charge in [0.05, 0.1) is 0 Å². The van der Waals surface area contributed by atoms with Gasteiger partial charge in [0, 0.05) is 20.0 Å². The number of carbonyl (C=O) groups is 1. The van der Waals surface area contributed by atoms with Crippen LogP contribution < -0.4 is 21.9 Å². The molecule has 0 spiro atoms. The summed E-state index contributed by atoms with van der Waals surface area (Å²) in [6.45, 7) is 2.41. The minimum atomic E-state index is -0.0842. The summed E-state index contributed by atoms with van der Waals surface area (Å²) in [4.78, 5) is 10.3. The molecule has 0 rings (SSSR count). The van der Waals surface area contributed by atoms with Crippen LogP contribution in [-0.4, -0.2) is 25.0 Å². The van der Waals surface area contributed by atoms with Crippen LogP contribution in [0.1, 0.15) is 6.92 Å². The third kappa shape index (κ3) is 8.99. The second-order valence-electron chi connectivity index (χ2n) is 1.93. The Morgan fingerprint density at radius 1 is 1.42 bits per heavy atom. The van der Waals surface area contributed by atoms with E-state index >= 15 is 0 Å². The van der Waals surface area contributed by atoms with Gasteiger partial charge in [-0.2, -0.15) is 0 Å². The molecule has 1 amide bonds. The SMILES string of the molecule is CC(=O)NCCNC(=N)NN.Cl. The highest BCUT2D eigenvalue weighted by Gasteiger charge is 1.91. The molecule has 72 valence electrons. The van der Waals surface area contributed by atoms with Gasteiger partial charge in [-0.05, 0) is 0 Å². The van der Waals surface area contributed by atoms with E-state index in [0.29, 0.717) is 13.1 Å². The van der Waals surface area contributed by atoms with Crippen LogP contribution in [0.3, 0.4) is 0 Å². The molecular formula is C5H14ClN5O. The third-order valence-electron chi connectivity index (χ3n) is 0.945. The van der Waals surface area contributed by atoms with Gasteiger partial charge in [-0.1, -0.05) is 0 Å². The van der Waals surface area contributed by atoms with E-state index in [1.165, 1.54) is 6.92 Å². The number of hydrazine groups is 1. The number of nitrogens with two attached hydrogens (primary N) is 1. The van der Waals surface area contributed by atoms with Crippen LogP contribution in [0.5, 0.6) is 0 Å². The first-order valence-electron chi connectivity index (χ1n) is 3.20. The van der Waals surface area contributed by atoms with Crippen molar-refractivity contribution in [1.82, 2.24) is 16.1 Å². The Kier molecular flexibility index (Phi) is 9.15. The fourth-order valence-corrected chi connectivity index (χ4v) is 0.477. The Hall–Kier alpha value is -1.01. The average molecular weight is 196 g/mol. The number of carbonyl (C=O) groups excluding carboxylic acids is 1. The molecular weight excluding hydrogens is 182 g/mol. The van der Waals surface area contributed by atoms with Gasteiger partial charge in [0.25, 0.3) is 0 Å². The zero-order chi connectivity index (χ0) is 8.69. The molecule has 0 unspecified atom stereocenters. The van der Waals surface area contributed by atoms with E-state index in [9.17, 15) is 4.79 Å². The summed E-state index contributed by atoms with van der Waals surface area (Å²) in [5.74, 6) is 4.84. The van der Waals surface area contributed by atoms with Crippen molar-refractivity contribution in [2.45, 2.75) is 6.92 Å². The normalized spacial score (nSPS) is 7.83. The zero-order valence-electron chi connectivity index (χ0n) is 6.81. The van der Waals surface area contributed by atoms with Crippen LogP contribution in [0.2, 0.25) is 0 Å². The standard InChI is InChI=1S/C5H13N5O.ClH/c1-4(11)8-2-3-9-5(6)10-7;/h2-3,7H2,1H3,(H,8,11)(H3,6,9,10);1H. The molecule has 0 aliphatic rings. The molecule has 0 saturated carbocycles. The molecule has 0 aromatic heterocycles. The first kappa shape index (κ1) is 13.6. The van der Waals surface area contributed by atoms with Crippen LogP contribution in [0.4, 0.5) is 0 Å². The minimum Gasteiger partial charge on any atom is -0.355 e. The van der Waals surface area contributed by atoms with Gasteiger partial charge < -0.3 is 10.6 Å². The molecule has 0 atom stereocenters. The fraction of sp³-hybridized carbons (Fsp3) is 0.600. The van der Waals surface area contributed by atoms with E-state index in [1.54, 1.807) is 0 Å². The lowest BCUT2D eigenvalue weighted by atomic mass is 10.6. The third-order valence-corrected chi connectivity index (χ3v) is 0.945.